The number of alkyl halides is 1. The number of halogens is 1. The topological polar surface area (TPSA) is 120 Å². The Bertz CT molecular complexity index is 377. The molecule has 0 unspecified atom stereocenters. The van der Waals surface area contributed by atoms with Crippen molar-refractivity contribution in [1.82, 2.24) is 0 Å². The summed E-state index contributed by atoms with van der Waals surface area (Å²) in [6.45, 7) is 8.08. The molecule has 0 radical (unpaired) electrons. The van der Waals surface area contributed by atoms with Crippen molar-refractivity contribution in [3.63, 3.8) is 0 Å². The first-order chi connectivity index (χ1) is 15.8. The Hall–Kier alpha value is -0.410. The molecule has 192 valence electrons. The highest BCUT2D eigenvalue weighted by Crippen LogP contribution is 1.86. The standard InChI is InChI=1S/C20H39BrO11/c21-1-2-24-3-4-25-5-6-26-7-8-27-9-10-28-11-12-29-13-14-30-15-16-31-17-18-32-19-20(22)23/h1-19H2,(H,22,23). The summed E-state index contributed by atoms with van der Waals surface area (Å²) in [4.78, 5) is 10.2. The maximum atomic E-state index is 10.2. The van der Waals surface area contributed by atoms with Crippen LogP contribution in [0.2, 0.25) is 0 Å². The van der Waals surface area contributed by atoms with Gasteiger partial charge in [0.2, 0.25) is 0 Å². The van der Waals surface area contributed by atoms with Crippen LogP contribution in [0.4, 0.5) is 0 Å². The van der Waals surface area contributed by atoms with Crippen molar-refractivity contribution < 1.29 is 52.5 Å². The minimum Gasteiger partial charge on any atom is -0.480 e. The van der Waals surface area contributed by atoms with Gasteiger partial charge in [0, 0.05) is 5.33 Å². The van der Waals surface area contributed by atoms with Gasteiger partial charge in [-0.2, -0.15) is 0 Å². The lowest BCUT2D eigenvalue weighted by Gasteiger charge is -2.08. The van der Waals surface area contributed by atoms with Crippen LogP contribution in [0, 0.1) is 0 Å². The van der Waals surface area contributed by atoms with Crippen molar-refractivity contribution >= 4 is 21.9 Å². The van der Waals surface area contributed by atoms with E-state index in [0.29, 0.717) is 106 Å². The van der Waals surface area contributed by atoms with Gasteiger partial charge in [-0.3, -0.25) is 0 Å². The van der Waals surface area contributed by atoms with Crippen molar-refractivity contribution in [3.05, 3.63) is 0 Å². The molecule has 1 N–H and O–H groups in total. The number of carboxylic acid groups (broad SMARTS) is 1. The summed E-state index contributed by atoms with van der Waals surface area (Å²) < 4.78 is 47.6. The first-order valence-electron chi connectivity index (χ1n) is 10.7. The van der Waals surface area contributed by atoms with Crippen molar-refractivity contribution in [2.45, 2.75) is 0 Å². The van der Waals surface area contributed by atoms with Gasteiger partial charge < -0.3 is 47.7 Å². The number of aliphatic carboxylic acids is 1. The maximum Gasteiger partial charge on any atom is 0.329 e. The summed E-state index contributed by atoms with van der Waals surface area (Å²) in [5, 5.41) is 9.22. The van der Waals surface area contributed by atoms with Crippen LogP contribution in [-0.4, -0.2) is 135 Å². The van der Waals surface area contributed by atoms with E-state index in [1.165, 1.54) is 0 Å². The molecular formula is C20H39BrO11. The Morgan fingerprint density at radius 3 is 0.875 bits per heavy atom. The molecule has 0 bridgehead atoms. The lowest BCUT2D eigenvalue weighted by Crippen LogP contribution is -2.15. The molecule has 0 rings (SSSR count). The second-order valence-corrected chi connectivity index (χ2v) is 6.83. The minimum absolute atomic E-state index is 0.248. The first kappa shape index (κ1) is 31.6. The average Bonchev–Trinajstić information content (AvgIpc) is 2.78. The highest BCUT2D eigenvalue weighted by atomic mass is 79.9. The van der Waals surface area contributed by atoms with Crippen LogP contribution in [0.25, 0.3) is 0 Å². The Morgan fingerprint density at radius 1 is 0.438 bits per heavy atom. The fraction of sp³-hybridized carbons (Fsp3) is 0.950. The summed E-state index contributed by atoms with van der Waals surface area (Å²) in [5.41, 5.74) is 0. The third-order valence-corrected chi connectivity index (χ3v) is 3.75. The fourth-order valence-electron chi connectivity index (χ4n) is 1.97. The number of rotatable bonds is 28. The van der Waals surface area contributed by atoms with Crippen molar-refractivity contribution in [2.75, 3.05) is 124 Å². The van der Waals surface area contributed by atoms with E-state index in [0.717, 1.165) is 5.33 Å². The first-order valence-corrected chi connectivity index (χ1v) is 11.9. The smallest absolute Gasteiger partial charge is 0.329 e. The molecule has 0 aliphatic rings. The SMILES string of the molecule is O=C(O)COCCOCCOCCOCCOCCOCCOCCOCCOCCBr. The van der Waals surface area contributed by atoms with Gasteiger partial charge in [0.25, 0.3) is 0 Å². The summed E-state index contributed by atoms with van der Waals surface area (Å²) >= 11 is 3.29. The largest absolute Gasteiger partial charge is 0.480 e. The molecule has 0 spiro atoms. The Kier molecular flexibility index (Phi) is 28.3. The van der Waals surface area contributed by atoms with E-state index in [1.807, 2.05) is 0 Å². The summed E-state index contributed by atoms with van der Waals surface area (Å²) in [5.74, 6) is -0.992. The second kappa shape index (κ2) is 28.6. The van der Waals surface area contributed by atoms with E-state index in [-0.39, 0.29) is 13.2 Å². The van der Waals surface area contributed by atoms with Crippen LogP contribution in [-0.2, 0) is 47.4 Å². The number of carbonyl (C=O) groups is 1. The Labute approximate surface area is 199 Å². The van der Waals surface area contributed by atoms with Gasteiger partial charge in [0.05, 0.1) is 112 Å². The average molecular weight is 535 g/mol. The highest BCUT2D eigenvalue weighted by Gasteiger charge is 1.97. The minimum atomic E-state index is -0.992. The van der Waals surface area contributed by atoms with Gasteiger partial charge in [0.15, 0.2) is 0 Å². The molecule has 0 aliphatic heterocycles. The van der Waals surface area contributed by atoms with Crippen LogP contribution < -0.4 is 0 Å². The van der Waals surface area contributed by atoms with Crippen LogP contribution in [0.15, 0.2) is 0 Å². The van der Waals surface area contributed by atoms with E-state index in [2.05, 4.69) is 15.9 Å². The number of carboxylic acids is 1. The Balaban J connectivity index is 3.00. The second-order valence-electron chi connectivity index (χ2n) is 6.03. The number of hydrogen-bond acceptors (Lipinski definition) is 10. The number of hydrogen-bond donors (Lipinski definition) is 1. The monoisotopic (exact) mass is 534 g/mol. The van der Waals surface area contributed by atoms with Crippen LogP contribution >= 0.6 is 15.9 Å². The molecular weight excluding hydrogens is 496 g/mol. The highest BCUT2D eigenvalue weighted by molar-refractivity contribution is 9.09. The molecule has 0 saturated heterocycles. The van der Waals surface area contributed by atoms with Crippen LogP contribution in [0.1, 0.15) is 0 Å². The fourth-order valence-corrected chi connectivity index (χ4v) is 2.20. The summed E-state index contributed by atoms with van der Waals surface area (Å²) in [6.07, 6.45) is 0. The van der Waals surface area contributed by atoms with Crippen molar-refractivity contribution in [1.29, 1.82) is 0 Å². The van der Waals surface area contributed by atoms with Gasteiger partial charge in [-0.1, -0.05) is 15.9 Å². The molecule has 12 heteroatoms. The van der Waals surface area contributed by atoms with E-state index in [9.17, 15) is 4.79 Å². The normalized spacial score (nSPS) is 11.3. The van der Waals surface area contributed by atoms with E-state index >= 15 is 0 Å². The van der Waals surface area contributed by atoms with Gasteiger partial charge >= 0.3 is 5.97 Å². The summed E-state index contributed by atoms with van der Waals surface area (Å²) in [7, 11) is 0. The molecule has 32 heavy (non-hydrogen) atoms. The van der Waals surface area contributed by atoms with Gasteiger partial charge in [-0.25, -0.2) is 4.79 Å². The third kappa shape index (κ3) is 29.6. The molecule has 0 atom stereocenters. The predicted molar refractivity (Wildman–Crippen MR) is 119 cm³/mol. The van der Waals surface area contributed by atoms with Crippen molar-refractivity contribution in [2.24, 2.45) is 0 Å². The summed E-state index contributed by atoms with van der Waals surface area (Å²) in [6, 6.07) is 0. The van der Waals surface area contributed by atoms with E-state index < -0.39 is 5.97 Å². The van der Waals surface area contributed by atoms with Crippen molar-refractivity contribution in [3.8, 4) is 0 Å². The van der Waals surface area contributed by atoms with Gasteiger partial charge in [0.1, 0.15) is 6.61 Å². The molecule has 0 aliphatic carbocycles. The predicted octanol–water partition coefficient (Wildman–Crippen LogP) is 0.615. The molecule has 0 aromatic rings. The van der Waals surface area contributed by atoms with Crippen LogP contribution in [0.5, 0.6) is 0 Å². The zero-order valence-corrected chi connectivity index (χ0v) is 20.4. The van der Waals surface area contributed by atoms with Gasteiger partial charge in [-0.15, -0.1) is 0 Å². The quantitative estimate of drug-likeness (QED) is 0.112. The number of ether oxygens (including phenoxy) is 9. The molecule has 0 aromatic heterocycles. The molecule has 0 fully saturated rings. The lowest BCUT2D eigenvalue weighted by molar-refractivity contribution is -0.142. The lowest BCUT2D eigenvalue weighted by atomic mass is 10.6. The third-order valence-electron chi connectivity index (χ3n) is 3.42. The van der Waals surface area contributed by atoms with E-state index in [4.69, 9.17) is 47.7 Å². The Morgan fingerprint density at radius 2 is 0.656 bits per heavy atom. The molecule has 0 saturated carbocycles. The molecule has 0 aromatic carbocycles. The molecule has 0 amide bonds. The molecule has 0 heterocycles. The van der Waals surface area contributed by atoms with Gasteiger partial charge in [-0.05, 0) is 0 Å². The molecule has 11 nitrogen and oxygen atoms in total. The maximum absolute atomic E-state index is 10.2. The zero-order chi connectivity index (χ0) is 23.4. The van der Waals surface area contributed by atoms with E-state index in [1.54, 1.807) is 0 Å². The van der Waals surface area contributed by atoms with Crippen LogP contribution in [0.3, 0.4) is 0 Å². The zero-order valence-electron chi connectivity index (χ0n) is 18.8.